The molecule has 2 saturated heterocycles. The Labute approximate surface area is 152 Å². The zero-order valence-electron chi connectivity index (χ0n) is 14.1. The SMILES string of the molecule is Cc1cccc2cc(C=C3NC(=S)NC3=O)c(N3CCCCC3)nc12. The molecule has 5 nitrogen and oxygen atoms in total. The Hall–Kier alpha value is -2.47. The van der Waals surface area contributed by atoms with Gasteiger partial charge >= 0.3 is 0 Å². The van der Waals surface area contributed by atoms with E-state index in [2.05, 4.69) is 40.7 Å². The van der Waals surface area contributed by atoms with Gasteiger partial charge < -0.3 is 10.2 Å². The largest absolute Gasteiger partial charge is 0.356 e. The summed E-state index contributed by atoms with van der Waals surface area (Å²) in [6.07, 6.45) is 5.46. The molecular formula is C19H20N4OS. The first-order chi connectivity index (χ1) is 12.1. The Morgan fingerprint density at radius 3 is 2.72 bits per heavy atom. The number of hydrogen-bond acceptors (Lipinski definition) is 4. The van der Waals surface area contributed by atoms with Crippen LogP contribution in [0.1, 0.15) is 30.4 Å². The quantitative estimate of drug-likeness (QED) is 0.643. The molecule has 1 aromatic carbocycles. The van der Waals surface area contributed by atoms with E-state index in [1.165, 1.54) is 19.3 Å². The van der Waals surface area contributed by atoms with Crippen LogP contribution < -0.4 is 15.5 Å². The Morgan fingerprint density at radius 1 is 1.20 bits per heavy atom. The second-order valence-electron chi connectivity index (χ2n) is 6.56. The first kappa shape index (κ1) is 16.0. The maximum absolute atomic E-state index is 12.0. The second kappa shape index (κ2) is 6.44. The van der Waals surface area contributed by atoms with Crippen LogP contribution in [0.4, 0.5) is 5.82 Å². The Bertz CT molecular complexity index is 900. The van der Waals surface area contributed by atoms with E-state index in [9.17, 15) is 4.79 Å². The van der Waals surface area contributed by atoms with E-state index in [-0.39, 0.29) is 5.91 Å². The molecule has 0 aliphatic carbocycles. The summed E-state index contributed by atoms with van der Waals surface area (Å²) in [6.45, 7) is 4.08. The van der Waals surface area contributed by atoms with E-state index >= 15 is 0 Å². The molecule has 0 unspecified atom stereocenters. The molecule has 0 radical (unpaired) electrons. The van der Waals surface area contributed by atoms with Crippen molar-refractivity contribution in [1.82, 2.24) is 15.6 Å². The highest BCUT2D eigenvalue weighted by Gasteiger charge is 2.22. The number of pyridine rings is 1. The summed E-state index contributed by atoms with van der Waals surface area (Å²) in [4.78, 5) is 19.3. The number of nitrogens with zero attached hydrogens (tertiary/aromatic N) is 2. The Kier molecular flexibility index (Phi) is 4.13. The lowest BCUT2D eigenvalue weighted by atomic mass is 10.1. The highest BCUT2D eigenvalue weighted by molar-refractivity contribution is 7.80. The fourth-order valence-corrected chi connectivity index (χ4v) is 3.66. The highest BCUT2D eigenvalue weighted by Crippen LogP contribution is 2.29. The summed E-state index contributed by atoms with van der Waals surface area (Å²) < 4.78 is 0. The molecule has 0 spiro atoms. The molecule has 0 bridgehead atoms. The van der Waals surface area contributed by atoms with Crippen LogP contribution in [-0.2, 0) is 4.79 Å². The number of fused-ring (bicyclic) bond motifs is 1. The lowest BCUT2D eigenvalue weighted by Crippen LogP contribution is -2.31. The first-order valence-electron chi connectivity index (χ1n) is 8.61. The van der Waals surface area contributed by atoms with Crippen molar-refractivity contribution in [2.75, 3.05) is 18.0 Å². The first-order valence-corrected chi connectivity index (χ1v) is 9.02. The lowest BCUT2D eigenvalue weighted by Gasteiger charge is -2.29. The fourth-order valence-electron chi connectivity index (χ4n) is 3.46. The number of carbonyl (C=O) groups excluding carboxylic acids is 1. The molecule has 2 aliphatic rings. The molecule has 128 valence electrons. The average Bonchev–Trinajstić information content (AvgIpc) is 2.93. The number of nitrogens with one attached hydrogen (secondary N) is 2. The van der Waals surface area contributed by atoms with Crippen LogP contribution in [0.25, 0.3) is 17.0 Å². The summed E-state index contributed by atoms with van der Waals surface area (Å²) in [5, 5.41) is 6.96. The van der Waals surface area contributed by atoms with Crippen LogP contribution in [0.5, 0.6) is 0 Å². The number of amides is 1. The predicted octanol–water partition coefficient (Wildman–Crippen LogP) is 2.88. The van der Waals surface area contributed by atoms with Crippen molar-refractivity contribution in [3.05, 3.63) is 41.1 Å². The number of thiocarbonyl (C=S) groups is 1. The van der Waals surface area contributed by atoms with Gasteiger partial charge in [-0.1, -0.05) is 18.2 Å². The van der Waals surface area contributed by atoms with Crippen molar-refractivity contribution < 1.29 is 4.79 Å². The average molecular weight is 352 g/mol. The van der Waals surface area contributed by atoms with E-state index in [1.54, 1.807) is 0 Å². The van der Waals surface area contributed by atoms with Gasteiger partial charge in [-0.2, -0.15) is 0 Å². The summed E-state index contributed by atoms with van der Waals surface area (Å²) >= 11 is 5.03. The van der Waals surface area contributed by atoms with E-state index < -0.39 is 0 Å². The van der Waals surface area contributed by atoms with Crippen molar-refractivity contribution >= 4 is 46.0 Å². The predicted molar refractivity (Wildman–Crippen MR) is 104 cm³/mol. The van der Waals surface area contributed by atoms with Gasteiger partial charge in [-0.15, -0.1) is 0 Å². The second-order valence-corrected chi connectivity index (χ2v) is 6.97. The summed E-state index contributed by atoms with van der Waals surface area (Å²) in [5.41, 5.74) is 3.59. The molecule has 4 rings (SSSR count). The van der Waals surface area contributed by atoms with Crippen molar-refractivity contribution in [1.29, 1.82) is 0 Å². The van der Waals surface area contributed by atoms with Gasteiger partial charge in [0, 0.05) is 24.0 Å². The van der Waals surface area contributed by atoms with Gasteiger partial charge in [0.25, 0.3) is 5.91 Å². The minimum absolute atomic E-state index is 0.195. The van der Waals surface area contributed by atoms with Gasteiger partial charge in [0.2, 0.25) is 0 Å². The minimum Gasteiger partial charge on any atom is -0.356 e. The number of aryl methyl sites for hydroxylation is 1. The summed E-state index contributed by atoms with van der Waals surface area (Å²) in [7, 11) is 0. The van der Waals surface area contributed by atoms with E-state index in [4.69, 9.17) is 17.2 Å². The molecule has 25 heavy (non-hydrogen) atoms. The number of benzene rings is 1. The number of hydrogen-bond donors (Lipinski definition) is 2. The normalized spacial score (nSPS) is 19.4. The molecule has 1 amide bonds. The number of aromatic nitrogens is 1. The van der Waals surface area contributed by atoms with Crippen LogP contribution >= 0.6 is 12.2 Å². The molecule has 2 fully saturated rings. The molecule has 2 N–H and O–H groups in total. The molecule has 2 aliphatic heterocycles. The fraction of sp³-hybridized carbons (Fsp3) is 0.316. The maximum Gasteiger partial charge on any atom is 0.273 e. The molecule has 3 heterocycles. The number of piperidine rings is 1. The number of para-hydroxylation sites is 1. The topological polar surface area (TPSA) is 57.3 Å². The van der Waals surface area contributed by atoms with Gasteiger partial charge in [-0.3, -0.25) is 10.1 Å². The van der Waals surface area contributed by atoms with Crippen LogP contribution in [0.2, 0.25) is 0 Å². The molecular weight excluding hydrogens is 332 g/mol. The third kappa shape index (κ3) is 3.09. The molecule has 6 heteroatoms. The molecule has 2 aromatic rings. The smallest absolute Gasteiger partial charge is 0.273 e. The zero-order chi connectivity index (χ0) is 17.4. The van der Waals surface area contributed by atoms with Crippen LogP contribution in [0.15, 0.2) is 30.0 Å². The third-order valence-corrected chi connectivity index (χ3v) is 4.94. The highest BCUT2D eigenvalue weighted by atomic mass is 32.1. The number of anilines is 1. The maximum atomic E-state index is 12.0. The van der Waals surface area contributed by atoms with Crippen molar-refractivity contribution in [3.8, 4) is 0 Å². The number of rotatable bonds is 2. The van der Waals surface area contributed by atoms with Gasteiger partial charge in [0.1, 0.15) is 11.5 Å². The molecule has 0 atom stereocenters. The van der Waals surface area contributed by atoms with Crippen molar-refractivity contribution in [2.45, 2.75) is 26.2 Å². The standard InChI is InChI=1S/C19H20N4OS/c1-12-6-5-7-13-10-14(11-15-18(24)22-19(25)20-15)17(21-16(12)13)23-8-3-2-4-9-23/h5-7,10-11H,2-4,8-9H2,1H3,(H2,20,22,24,25). The number of carbonyl (C=O) groups is 1. The van der Waals surface area contributed by atoms with E-state index in [0.29, 0.717) is 10.8 Å². The van der Waals surface area contributed by atoms with Crippen LogP contribution in [0.3, 0.4) is 0 Å². The Morgan fingerprint density at radius 2 is 2.00 bits per heavy atom. The zero-order valence-corrected chi connectivity index (χ0v) is 14.9. The third-order valence-electron chi connectivity index (χ3n) is 4.73. The Balaban J connectivity index is 1.87. The molecule has 0 saturated carbocycles. The summed E-state index contributed by atoms with van der Waals surface area (Å²) in [6, 6.07) is 8.29. The van der Waals surface area contributed by atoms with Gasteiger partial charge in [-0.25, -0.2) is 4.98 Å². The van der Waals surface area contributed by atoms with Gasteiger partial charge in [-0.05, 0) is 56.1 Å². The van der Waals surface area contributed by atoms with Crippen LogP contribution in [-0.4, -0.2) is 29.1 Å². The van der Waals surface area contributed by atoms with E-state index in [0.717, 1.165) is 40.9 Å². The van der Waals surface area contributed by atoms with Crippen molar-refractivity contribution in [3.63, 3.8) is 0 Å². The minimum atomic E-state index is -0.195. The van der Waals surface area contributed by atoms with Crippen molar-refractivity contribution in [2.24, 2.45) is 0 Å². The van der Waals surface area contributed by atoms with Gasteiger partial charge in [0.05, 0.1) is 5.52 Å². The van der Waals surface area contributed by atoms with E-state index in [1.807, 2.05) is 12.1 Å². The van der Waals surface area contributed by atoms with Gasteiger partial charge in [0.15, 0.2) is 5.11 Å². The summed E-state index contributed by atoms with van der Waals surface area (Å²) in [5.74, 6) is 0.750. The lowest BCUT2D eigenvalue weighted by molar-refractivity contribution is -0.115. The molecule has 1 aromatic heterocycles. The monoisotopic (exact) mass is 352 g/mol. The van der Waals surface area contributed by atoms with Crippen LogP contribution in [0, 0.1) is 6.92 Å².